The monoisotopic (exact) mass is 207 g/mol. The molecule has 4 heteroatoms. The van der Waals surface area contributed by atoms with Gasteiger partial charge in [0, 0.05) is 14.1 Å². The van der Waals surface area contributed by atoms with E-state index in [9.17, 15) is 13.2 Å². The van der Waals surface area contributed by atoms with Gasteiger partial charge in [0.1, 0.15) is 0 Å². The fraction of sp³-hybridized carbons (Fsp3) is 0.600. The fourth-order valence-corrected chi connectivity index (χ4v) is 0.807. The quantitative estimate of drug-likeness (QED) is 0.639. The van der Waals surface area contributed by atoms with Crippen LogP contribution in [0.5, 0.6) is 0 Å². The Hall–Kier alpha value is -0.930. The molecular weight excluding hydrogens is 191 g/mol. The zero-order valence-corrected chi connectivity index (χ0v) is 8.73. The van der Waals surface area contributed by atoms with Gasteiger partial charge >= 0.3 is 6.18 Å². The van der Waals surface area contributed by atoms with Crippen LogP contribution < -0.4 is 0 Å². The van der Waals surface area contributed by atoms with Crippen molar-refractivity contribution < 1.29 is 13.2 Å². The SMILES string of the molecule is CCC/C=C(/C=C\N(C)C)C(F)(F)F. The fourth-order valence-electron chi connectivity index (χ4n) is 0.807. The van der Waals surface area contributed by atoms with Gasteiger partial charge in [0.25, 0.3) is 0 Å². The van der Waals surface area contributed by atoms with Crippen molar-refractivity contribution in [2.24, 2.45) is 0 Å². The Morgan fingerprint density at radius 2 is 1.86 bits per heavy atom. The predicted octanol–water partition coefficient (Wildman–Crippen LogP) is 3.35. The van der Waals surface area contributed by atoms with Gasteiger partial charge in [-0.25, -0.2) is 0 Å². The normalized spacial score (nSPS) is 13.7. The Kier molecular flexibility index (Phi) is 5.35. The van der Waals surface area contributed by atoms with E-state index in [2.05, 4.69) is 0 Å². The van der Waals surface area contributed by atoms with E-state index in [1.807, 2.05) is 6.92 Å². The average Bonchev–Trinajstić information content (AvgIpc) is 2.01. The molecule has 0 unspecified atom stereocenters. The number of hydrogen-bond acceptors (Lipinski definition) is 1. The van der Waals surface area contributed by atoms with E-state index in [0.29, 0.717) is 6.42 Å². The van der Waals surface area contributed by atoms with Gasteiger partial charge in [-0.05, 0) is 18.7 Å². The minimum absolute atomic E-state index is 0.451. The minimum Gasteiger partial charge on any atom is -0.383 e. The van der Waals surface area contributed by atoms with Crippen molar-refractivity contribution in [2.75, 3.05) is 14.1 Å². The van der Waals surface area contributed by atoms with E-state index in [0.717, 1.165) is 12.5 Å². The molecule has 0 aromatic carbocycles. The first-order chi connectivity index (χ1) is 6.38. The maximum atomic E-state index is 12.4. The third-order valence-electron chi connectivity index (χ3n) is 1.53. The summed E-state index contributed by atoms with van der Waals surface area (Å²) in [6.07, 6.45) is 0.633. The molecule has 0 rings (SSSR count). The molecule has 0 aliphatic rings. The summed E-state index contributed by atoms with van der Waals surface area (Å²) in [6, 6.07) is 0. The molecule has 0 fully saturated rings. The van der Waals surface area contributed by atoms with Crippen molar-refractivity contribution in [3.8, 4) is 0 Å². The highest BCUT2D eigenvalue weighted by atomic mass is 19.4. The summed E-state index contributed by atoms with van der Waals surface area (Å²) >= 11 is 0. The number of halogens is 3. The van der Waals surface area contributed by atoms with Crippen LogP contribution in [0.2, 0.25) is 0 Å². The largest absolute Gasteiger partial charge is 0.416 e. The summed E-state index contributed by atoms with van der Waals surface area (Å²) in [4.78, 5) is 1.57. The van der Waals surface area contributed by atoms with Gasteiger partial charge in [-0.1, -0.05) is 19.4 Å². The van der Waals surface area contributed by atoms with Crippen molar-refractivity contribution in [3.05, 3.63) is 23.9 Å². The first kappa shape index (κ1) is 13.1. The molecule has 14 heavy (non-hydrogen) atoms. The molecule has 0 aromatic rings. The van der Waals surface area contributed by atoms with Crippen LogP contribution in [0, 0.1) is 0 Å². The van der Waals surface area contributed by atoms with Gasteiger partial charge in [0.2, 0.25) is 0 Å². The van der Waals surface area contributed by atoms with Crippen LogP contribution in [-0.4, -0.2) is 25.2 Å². The van der Waals surface area contributed by atoms with E-state index >= 15 is 0 Å². The lowest BCUT2D eigenvalue weighted by Gasteiger charge is -2.09. The van der Waals surface area contributed by atoms with Gasteiger partial charge < -0.3 is 4.90 Å². The zero-order valence-electron chi connectivity index (χ0n) is 8.73. The molecule has 0 saturated carbocycles. The van der Waals surface area contributed by atoms with Crippen LogP contribution in [0.3, 0.4) is 0 Å². The standard InChI is InChI=1S/C10H16F3N/c1-4-5-6-9(10(11,12)13)7-8-14(2)3/h6-8H,4-5H2,1-3H3/b8-7-,9-6-. The topological polar surface area (TPSA) is 3.24 Å². The molecule has 82 valence electrons. The van der Waals surface area contributed by atoms with Crippen LogP contribution in [-0.2, 0) is 0 Å². The predicted molar refractivity (Wildman–Crippen MR) is 51.9 cm³/mol. The zero-order chi connectivity index (χ0) is 11.2. The maximum absolute atomic E-state index is 12.4. The van der Waals surface area contributed by atoms with Crippen LogP contribution in [0.4, 0.5) is 13.2 Å². The third-order valence-corrected chi connectivity index (χ3v) is 1.53. The molecule has 0 bridgehead atoms. The van der Waals surface area contributed by atoms with Crippen molar-refractivity contribution in [1.29, 1.82) is 0 Å². The molecule has 0 heterocycles. The Bertz CT molecular complexity index is 214. The summed E-state index contributed by atoms with van der Waals surface area (Å²) < 4.78 is 37.1. The first-order valence-electron chi connectivity index (χ1n) is 4.50. The summed E-state index contributed by atoms with van der Waals surface area (Å²) in [6.45, 7) is 1.85. The van der Waals surface area contributed by atoms with E-state index in [-0.39, 0.29) is 0 Å². The lowest BCUT2D eigenvalue weighted by molar-refractivity contribution is -0.0885. The lowest BCUT2D eigenvalue weighted by Crippen LogP contribution is -2.11. The van der Waals surface area contributed by atoms with Crippen LogP contribution in [0.25, 0.3) is 0 Å². The molecule has 1 nitrogen and oxygen atoms in total. The summed E-state index contributed by atoms with van der Waals surface area (Å²) in [5, 5.41) is 0. The average molecular weight is 207 g/mol. The van der Waals surface area contributed by atoms with Crippen molar-refractivity contribution in [2.45, 2.75) is 25.9 Å². The molecule has 0 spiro atoms. The smallest absolute Gasteiger partial charge is 0.383 e. The number of rotatable bonds is 4. The van der Waals surface area contributed by atoms with E-state index in [1.54, 1.807) is 19.0 Å². The van der Waals surface area contributed by atoms with Crippen molar-refractivity contribution >= 4 is 0 Å². The number of unbranched alkanes of at least 4 members (excludes halogenated alkanes) is 1. The summed E-state index contributed by atoms with van der Waals surface area (Å²) in [5.41, 5.74) is -0.576. The minimum atomic E-state index is -4.25. The Labute approximate surface area is 82.9 Å². The first-order valence-corrected chi connectivity index (χ1v) is 4.50. The number of nitrogens with zero attached hydrogens (tertiary/aromatic N) is 1. The Morgan fingerprint density at radius 1 is 1.29 bits per heavy atom. The van der Waals surface area contributed by atoms with Gasteiger partial charge in [0.05, 0.1) is 5.57 Å². The van der Waals surface area contributed by atoms with E-state index in [1.165, 1.54) is 12.3 Å². The van der Waals surface area contributed by atoms with Crippen LogP contribution in [0.15, 0.2) is 23.9 Å². The Balaban J connectivity index is 4.58. The van der Waals surface area contributed by atoms with Crippen molar-refractivity contribution in [1.82, 2.24) is 4.90 Å². The molecule has 0 aliphatic heterocycles. The molecule has 0 atom stereocenters. The van der Waals surface area contributed by atoms with E-state index < -0.39 is 11.7 Å². The Morgan fingerprint density at radius 3 is 2.21 bits per heavy atom. The molecular formula is C10H16F3N. The maximum Gasteiger partial charge on any atom is 0.416 e. The highest BCUT2D eigenvalue weighted by Gasteiger charge is 2.31. The van der Waals surface area contributed by atoms with Crippen molar-refractivity contribution in [3.63, 3.8) is 0 Å². The second-order valence-corrected chi connectivity index (χ2v) is 3.23. The summed E-state index contributed by atoms with van der Waals surface area (Å²) in [5.74, 6) is 0. The van der Waals surface area contributed by atoms with Gasteiger partial charge in [-0.3, -0.25) is 0 Å². The molecule has 0 aliphatic carbocycles. The molecule has 0 saturated heterocycles. The lowest BCUT2D eigenvalue weighted by atomic mass is 10.2. The number of hydrogen-bond donors (Lipinski definition) is 0. The van der Waals surface area contributed by atoms with Gasteiger partial charge in [-0.2, -0.15) is 13.2 Å². The van der Waals surface area contributed by atoms with Gasteiger partial charge in [-0.15, -0.1) is 0 Å². The third kappa shape index (κ3) is 5.67. The molecule has 0 amide bonds. The molecule has 0 N–H and O–H groups in total. The van der Waals surface area contributed by atoms with Gasteiger partial charge in [0.15, 0.2) is 0 Å². The second-order valence-electron chi connectivity index (χ2n) is 3.23. The number of alkyl halides is 3. The molecule has 0 radical (unpaired) electrons. The van der Waals surface area contributed by atoms with E-state index in [4.69, 9.17) is 0 Å². The highest BCUT2D eigenvalue weighted by Crippen LogP contribution is 2.27. The van der Waals surface area contributed by atoms with Crippen LogP contribution in [0.1, 0.15) is 19.8 Å². The summed E-state index contributed by atoms with van der Waals surface area (Å²) in [7, 11) is 3.37. The molecule has 0 aromatic heterocycles. The highest BCUT2D eigenvalue weighted by molar-refractivity contribution is 5.23. The van der Waals surface area contributed by atoms with Crippen LogP contribution >= 0.6 is 0 Å². The second kappa shape index (κ2) is 5.73. The number of allylic oxidation sites excluding steroid dienone is 3.